The number of pyridine rings is 1. The third-order valence-electron chi connectivity index (χ3n) is 2.66. The van der Waals surface area contributed by atoms with Crippen molar-refractivity contribution >= 4 is 21.6 Å². The van der Waals surface area contributed by atoms with E-state index >= 15 is 0 Å². The summed E-state index contributed by atoms with van der Waals surface area (Å²) in [6, 6.07) is 8.99. The number of ether oxygens (including phenoxy) is 1. The highest BCUT2D eigenvalue weighted by atomic mass is 79.9. The van der Waals surface area contributed by atoms with E-state index in [0.717, 1.165) is 11.3 Å². The van der Waals surface area contributed by atoms with Crippen LogP contribution in [-0.2, 0) is 6.54 Å². The number of aryl methyl sites for hydroxylation is 1. The Morgan fingerprint density at radius 1 is 1.32 bits per heavy atom. The Morgan fingerprint density at radius 3 is 2.68 bits per heavy atom. The summed E-state index contributed by atoms with van der Waals surface area (Å²) in [6.45, 7) is 2.88. The van der Waals surface area contributed by atoms with Crippen LogP contribution in [0.15, 0.2) is 45.8 Å². The van der Waals surface area contributed by atoms with E-state index in [0.29, 0.717) is 23.3 Å². The van der Waals surface area contributed by atoms with Crippen molar-refractivity contribution in [3.63, 3.8) is 0 Å². The standard InChI is InChI=1S/C14H15BrN2O2/c1-10-8-13(15)14(18)17(9-10)6-7-19-12-4-2-11(16)3-5-12/h2-5,8-9H,6-7,16H2,1H3. The number of rotatable bonds is 4. The van der Waals surface area contributed by atoms with Crippen molar-refractivity contribution in [1.82, 2.24) is 4.57 Å². The van der Waals surface area contributed by atoms with E-state index in [1.807, 2.05) is 25.3 Å². The summed E-state index contributed by atoms with van der Waals surface area (Å²) in [6.07, 6.45) is 1.82. The van der Waals surface area contributed by atoms with Crippen LogP contribution in [0.1, 0.15) is 5.56 Å². The van der Waals surface area contributed by atoms with Crippen molar-refractivity contribution in [2.75, 3.05) is 12.3 Å². The number of halogens is 1. The fourth-order valence-electron chi connectivity index (χ4n) is 1.73. The molecule has 5 heteroatoms. The molecule has 0 aliphatic rings. The Bertz CT molecular complexity index is 620. The third-order valence-corrected chi connectivity index (χ3v) is 3.23. The van der Waals surface area contributed by atoms with Crippen molar-refractivity contribution < 1.29 is 4.74 Å². The van der Waals surface area contributed by atoms with Crippen molar-refractivity contribution in [3.05, 3.63) is 56.9 Å². The molecule has 1 aromatic carbocycles. The van der Waals surface area contributed by atoms with E-state index in [4.69, 9.17) is 10.5 Å². The molecule has 100 valence electrons. The van der Waals surface area contributed by atoms with Crippen LogP contribution in [0, 0.1) is 6.92 Å². The average molecular weight is 323 g/mol. The highest BCUT2D eigenvalue weighted by Crippen LogP contribution is 2.13. The maximum atomic E-state index is 11.9. The Labute approximate surface area is 119 Å². The lowest BCUT2D eigenvalue weighted by Gasteiger charge is -2.09. The predicted octanol–water partition coefficient (Wildman–Crippen LogP) is 2.58. The van der Waals surface area contributed by atoms with Crippen LogP contribution in [-0.4, -0.2) is 11.2 Å². The van der Waals surface area contributed by atoms with Crippen molar-refractivity contribution in [2.45, 2.75) is 13.5 Å². The summed E-state index contributed by atoms with van der Waals surface area (Å²) in [5.74, 6) is 0.744. The van der Waals surface area contributed by atoms with E-state index in [9.17, 15) is 4.79 Å². The quantitative estimate of drug-likeness (QED) is 0.880. The Hall–Kier alpha value is -1.75. The van der Waals surface area contributed by atoms with Crippen LogP contribution in [0.5, 0.6) is 5.75 Å². The second kappa shape index (κ2) is 5.93. The molecular formula is C14H15BrN2O2. The molecule has 0 aliphatic carbocycles. The molecular weight excluding hydrogens is 308 g/mol. The minimum absolute atomic E-state index is 0.0495. The first kappa shape index (κ1) is 13.7. The molecule has 0 atom stereocenters. The minimum Gasteiger partial charge on any atom is -0.492 e. The highest BCUT2D eigenvalue weighted by Gasteiger charge is 2.02. The average Bonchev–Trinajstić information content (AvgIpc) is 2.37. The zero-order chi connectivity index (χ0) is 13.8. The van der Waals surface area contributed by atoms with Gasteiger partial charge in [0, 0.05) is 11.9 Å². The maximum Gasteiger partial charge on any atom is 0.264 e. The van der Waals surface area contributed by atoms with Gasteiger partial charge < -0.3 is 15.0 Å². The van der Waals surface area contributed by atoms with Crippen molar-refractivity contribution in [1.29, 1.82) is 0 Å². The first-order valence-electron chi connectivity index (χ1n) is 5.91. The monoisotopic (exact) mass is 322 g/mol. The SMILES string of the molecule is Cc1cc(Br)c(=O)n(CCOc2ccc(N)cc2)c1. The van der Waals surface area contributed by atoms with E-state index in [1.54, 1.807) is 22.8 Å². The number of anilines is 1. The van der Waals surface area contributed by atoms with Crippen LogP contribution >= 0.6 is 15.9 Å². The maximum absolute atomic E-state index is 11.9. The largest absolute Gasteiger partial charge is 0.492 e. The highest BCUT2D eigenvalue weighted by molar-refractivity contribution is 9.10. The number of benzene rings is 1. The minimum atomic E-state index is -0.0495. The van der Waals surface area contributed by atoms with Gasteiger partial charge in [0.15, 0.2) is 0 Å². The first-order chi connectivity index (χ1) is 9.06. The van der Waals surface area contributed by atoms with E-state index in [1.165, 1.54) is 0 Å². The molecule has 0 saturated heterocycles. The molecule has 0 bridgehead atoms. The van der Waals surface area contributed by atoms with Crippen molar-refractivity contribution in [2.24, 2.45) is 0 Å². The van der Waals surface area contributed by atoms with Crippen LogP contribution in [0.25, 0.3) is 0 Å². The van der Waals surface area contributed by atoms with E-state index < -0.39 is 0 Å². The Kier molecular flexibility index (Phi) is 4.27. The van der Waals surface area contributed by atoms with Gasteiger partial charge in [0.05, 0.1) is 11.0 Å². The zero-order valence-corrected chi connectivity index (χ0v) is 12.2. The molecule has 2 N–H and O–H groups in total. The number of nitrogen functional groups attached to an aromatic ring is 1. The topological polar surface area (TPSA) is 57.2 Å². The molecule has 0 amide bonds. The molecule has 19 heavy (non-hydrogen) atoms. The van der Waals surface area contributed by atoms with Gasteiger partial charge in [-0.15, -0.1) is 0 Å². The molecule has 4 nitrogen and oxygen atoms in total. The molecule has 2 aromatic rings. The van der Waals surface area contributed by atoms with Gasteiger partial charge in [0.1, 0.15) is 12.4 Å². The second-order valence-electron chi connectivity index (χ2n) is 4.28. The Balaban J connectivity index is 2.00. The van der Waals surface area contributed by atoms with Gasteiger partial charge >= 0.3 is 0 Å². The number of nitrogens with zero attached hydrogens (tertiary/aromatic N) is 1. The Morgan fingerprint density at radius 2 is 2.00 bits per heavy atom. The smallest absolute Gasteiger partial charge is 0.264 e. The summed E-state index contributed by atoms with van der Waals surface area (Å²) in [5.41, 5.74) is 7.27. The lowest BCUT2D eigenvalue weighted by molar-refractivity contribution is 0.296. The molecule has 1 aromatic heterocycles. The normalized spacial score (nSPS) is 10.4. The molecule has 1 heterocycles. The van der Waals surface area contributed by atoms with Crippen LogP contribution in [0.4, 0.5) is 5.69 Å². The lowest BCUT2D eigenvalue weighted by atomic mass is 10.3. The van der Waals surface area contributed by atoms with E-state index in [-0.39, 0.29) is 5.56 Å². The summed E-state index contributed by atoms with van der Waals surface area (Å²) in [7, 11) is 0. The van der Waals surface area contributed by atoms with Gasteiger partial charge in [-0.2, -0.15) is 0 Å². The fraction of sp³-hybridized carbons (Fsp3) is 0.214. The van der Waals surface area contributed by atoms with E-state index in [2.05, 4.69) is 15.9 Å². The lowest BCUT2D eigenvalue weighted by Crippen LogP contribution is -2.23. The van der Waals surface area contributed by atoms with Gasteiger partial charge in [-0.1, -0.05) is 0 Å². The fourth-order valence-corrected chi connectivity index (χ4v) is 2.32. The molecule has 0 fully saturated rings. The summed E-state index contributed by atoms with van der Waals surface area (Å²) >= 11 is 3.25. The predicted molar refractivity (Wildman–Crippen MR) is 79.5 cm³/mol. The van der Waals surface area contributed by atoms with Gasteiger partial charge in [-0.05, 0) is 58.7 Å². The van der Waals surface area contributed by atoms with Crippen LogP contribution in [0.2, 0.25) is 0 Å². The summed E-state index contributed by atoms with van der Waals surface area (Å²) in [5, 5.41) is 0. The molecule has 0 aliphatic heterocycles. The van der Waals surface area contributed by atoms with Gasteiger partial charge in [-0.3, -0.25) is 4.79 Å². The zero-order valence-electron chi connectivity index (χ0n) is 10.6. The summed E-state index contributed by atoms with van der Waals surface area (Å²) in [4.78, 5) is 11.9. The number of aromatic nitrogens is 1. The number of hydrogen-bond donors (Lipinski definition) is 1. The number of hydrogen-bond acceptors (Lipinski definition) is 3. The van der Waals surface area contributed by atoms with Gasteiger partial charge in [0.2, 0.25) is 0 Å². The van der Waals surface area contributed by atoms with Crippen LogP contribution < -0.4 is 16.0 Å². The molecule has 0 spiro atoms. The first-order valence-corrected chi connectivity index (χ1v) is 6.70. The molecule has 0 saturated carbocycles. The number of nitrogens with two attached hydrogens (primary N) is 1. The van der Waals surface area contributed by atoms with Crippen LogP contribution in [0.3, 0.4) is 0 Å². The van der Waals surface area contributed by atoms with Gasteiger partial charge in [-0.25, -0.2) is 0 Å². The van der Waals surface area contributed by atoms with Gasteiger partial charge in [0.25, 0.3) is 5.56 Å². The summed E-state index contributed by atoms with van der Waals surface area (Å²) < 4.78 is 7.77. The third kappa shape index (κ3) is 3.61. The molecule has 0 unspecified atom stereocenters. The molecule has 0 radical (unpaired) electrons. The second-order valence-corrected chi connectivity index (χ2v) is 5.14. The van der Waals surface area contributed by atoms with Crippen molar-refractivity contribution in [3.8, 4) is 5.75 Å². The molecule has 2 rings (SSSR count).